The molecule has 0 aromatic carbocycles. The van der Waals surface area contributed by atoms with Crippen LogP contribution in [0.25, 0.3) is 0 Å². The second-order valence-electron chi connectivity index (χ2n) is 14.1. The normalized spacial score (nSPS) is 48.5. The Kier molecular flexibility index (Phi) is 6.50. The van der Waals surface area contributed by atoms with E-state index in [9.17, 15) is 19.8 Å². The highest BCUT2D eigenvalue weighted by Crippen LogP contribution is 2.75. The van der Waals surface area contributed by atoms with Gasteiger partial charge in [-0.15, -0.1) is 0 Å². The molecule has 8 nitrogen and oxygen atoms in total. The van der Waals surface area contributed by atoms with E-state index in [2.05, 4.69) is 26.8 Å². The Morgan fingerprint density at radius 1 is 1.05 bits per heavy atom. The third kappa shape index (κ3) is 3.56. The summed E-state index contributed by atoms with van der Waals surface area (Å²) in [6.45, 7) is 13.7. The van der Waals surface area contributed by atoms with Crippen LogP contribution in [0.5, 0.6) is 0 Å². The molecule has 12 unspecified atom stereocenters. The third-order valence-corrected chi connectivity index (χ3v) is 12.4. The number of aliphatic hydroxyl groups excluding tert-OH is 2. The van der Waals surface area contributed by atoms with Gasteiger partial charge in [-0.05, 0) is 44.2 Å². The first-order valence-corrected chi connectivity index (χ1v) is 15.0. The van der Waals surface area contributed by atoms with Gasteiger partial charge < -0.3 is 28.8 Å². The molecule has 1 aliphatic heterocycles. The largest absolute Gasteiger partial charge is 0.472 e. The Morgan fingerprint density at radius 2 is 1.78 bits per heavy atom. The minimum absolute atomic E-state index is 0.00464. The van der Waals surface area contributed by atoms with E-state index in [4.69, 9.17) is 18.6 Å². The van der Waals surface area contributed by atoms with Gasteiger partial charge in [-0.2, -0.15) is 0 Å². The van der Waals surface area contributed by atoms with Crippen LogP contribution >= 0.6 is 0 Å². The lowest BCUT2D eigenvalue weighted by molar-refractivity contribution is -0.269. The zero-order valence-corrected chi connectivity index (χ0v) is 25.2. The number of allylic oxidation sites excluding steroid dienone is 2. The lowest BCUT2D eigenvalue weighted by Crippen LogP contribution is -2.74. The number of aliphatic hydroxyl groups is 2. The lowest BCUT2D eigenvalue weighted by atomic mass is 9.36. The molecule has 5 aliphatic rings. The molecule has 1 aromatic rings. The van der Waals surface area contributed by atoms with E-state index >= 15 is 0 Å². The molecule has 8 heteroatoms. The fraction of sp³-hybridized carbons (Fsp3) is 0.697. The number of carbonyl (C=O) groups is 2. The molecule has 224 valence electrons. The molecular weight excluding hydrogens is 524 g/mol. The standard InChI is InChI=1S/C33H44O8/c1-8-17(2)29(37)41-25-14-23(35)30(4)16-39-26-27(30)33(25,7)22-13-24(40-18(3)34)31(5)20(19-11-12-38-15-19)9-10-21(31)32(22,6)28(26)36/h8,10-12,15,20,22-28,35-36H,9,13-14,16H2,1-7H3. The van der Waals surface area contributed by atoms with Gasteiger partial charge in [0.2, 0.25) is 0 Å². The third-order valence-electron chi connectivity index (χ3n) is 12.4. The number of ether oxygens (including phenoxy) is 3. The van der Waals surface area contributed by atoms with Crippen molar-refractivity contribution in [1.29, 1.82) is 0 Å². The summed E-state index contributed by atoms with van der Waals surface area (Å²) < 4.78 is 24.4. The highest BCUT2D eigenvalue weighted by atomic mass is 16.6. The Bertz CT molecular complexity index is 1300. The van der Waals surface area contributed by atoms with Crippen LogP contribution in [0, 0.1) is 33.5 Å². The van der Waals surface area contributed by atoms with Gasteiger partial charge in [0.25, 0.3) is 0 Å². The summed E-state index contributed by atoms with van der Waals surface area (Å²) >= 11 is 0. The molecule has 1 aromatic heterocycles. The number of esters is 2. The topological polar surface area (TPSA) is 115 Å². The van der Waals surface area contributed by atoms with E-state index in [1.807, 2.05) is 13.0 Å². The van der Waals surface area contributed by atoms with Crippen molar-refractivity contribution in [3.63, 3.8) is 0 Å². The quantitative estimate of drug-likeness (QED) is 0.305. The highest BCUT2D eigenvalue weighted by Gasteiger charge is 2.78. The molecule has 12 atom stereocenters. The van der Waals surface area contributed by atoms with Gasteiger partial charge in [0.05, 0.1) is 37.4 Å². The van der Waals surface area contributed by atoms with Crippen molar-refractivity contribution in [1.82, 2.24) is 0 Å². The summed E-state index contributed by atoms with van der Waals surface area (Å²) in [5, 5.41) is 23.8. The van der Waals surface area contributed by atoms with E-state index in [0.29, 0.717) is 18.6 Å². The van der Waals surface area contributed by atoms with E-state index in [1.165, 1.54) is 6.92 Å². The highest BCUT2D eigenvalue weighted by molar-refractivity contribution is 5.87. The molecule has 2 heterocycles. The van der Waals surface area contributed by atoms with Crippen LogP contribution < -0.4 is 0 Å². The van der Waals surface area contributed by atoms with E-state index < -0.39 is 58.1 Å². The Hall–Kier alpha value is -2.42. The molecule has 3 saturated carbocycles. The Labute approximate surface area is 242 Å². The average Bonchev–Trinajstić information content (AvgIpc) is 3.65. The lowest BCUT2D eigenvalue weighted by Gasteiger charge is -2.69. The van der Waals surface area contributed by atoms with Crippen LogP contribution in [0.1, 0.15) is 79.2 Å². The monoisotopic (exact) mass is 568 g/mol. The summed E-state index contributed by atoms with van der Waals surface area (Å²) in [6, 6.07) is 1.97. The maximum atomic E-state index is 13.2. The fourth-order valence-electron chi connectivity index (χ4n) is 10.3. The van der Waals surface area contributed by atoms with Crippen molar-refractivity contribution in [3.8, 4) is 0 Å². The van der Waals surface area contributed by atoms with Crippen molar-refractivity contribution in [2.75, 3.05) is 6.61 Å². The molecule has 0 spiro atoms. The summed E-state index contributed by atoms with van der Waals surface area (Å²) in [4.78, 5) is 25.8. The van der Waals surface area contributed by atoms with Crippen LogP contribution in [0.4, 0.5) is 0 Å². The van der Waals surface area contributed by atoms with Gasteiger partial charge in [-0.1, -0.05) is 45.4 Å². The number of furan rings is 1. The molecule has 4 aliphatic carbocycles. The van der Waals surface area contributed by atoms with Gasteiger partial charge >= 0.3 is 11.9 Å². The van der Waals surface area contributed by atoms with Crippen LogP contribution in [0.2, 0.25) is 0 Å². The van der Waals surface area contributed by atoms with Gasteiger partial charge in [0, 0.05) is 52.4 Å². The van der Waals surface area contributed by atoms with Gasteiger partial charge in [-0.25, -0.2) is 4.79 Å². The Morgan fingerprint density at radius 3 is 2.41 bits per heavy atom. The maximum Gasteiger partial charge on any atom is 0.333 e. The molecule has 4 fully saturated rings. The summed E-state index contributed by atoms with van der Waals surface area (Å²) in [7, 11) is 0. The molecule has 0 amide bonds. The van der Waals surface area contributed by atoms with Crippen molar-refractivity contribution < 1.29 is 38.4 Å². The van der Waals surface area contributed by atoms with E-state index in [0.717, 1.165) is 17.6 Å². The second-order valence-corrected chi connectivity index (χ2v) is 14.1. The van der Waals surface area contributed by atoms with Crippen LogP contribution in [0.3, 0.4) is 0 Å². The van der Waals surface area contributed by atoms with Crippen molar-refractivity contribution in [3.05, 3.63) is 47.5 Å². The molecule has 1 saturated heterocycles. The minimum atomic E-state index is -0.863. The van der Waals surface area contributed by atoms with Crippen molar-refractivity contribution in [2.45, 2.75) is 104 Å². The molecule has 2 N–H and O–H groups in total. The number of hydrogen-bond donors (Lipinski definition) is 2. The van der Waals surface area contributed by atoms with Crippen molar-refractivity contribution >= 4 is 11.9 Å². The molecule has 41 heavy (non-hydrogen) atoms. The van der Waals surface area contributed by atoms with E-state index in [1.54, 1.807) is 32.4 Å². The number of rotatable bonds is 4. The molecule has 6 rings (SSSR count). The zero-order chi connectivity index (χ0) is 29.7. The maximum absolute atomic E-state index is 13.2. The average molecular weight is 569 g/mol. The van der Waals surface area contributed by atoms with Crippen LogP contribution in [-0.2, 0) is 23.8 Å². The molecule has 0 bridgehead atoms. The first-order valence-electron chi connectivity index (χ1n) is 15.0. The first kappa shape index (κ1) is 28.7. The van der Waals surface area contributed by atoms with Gasteiger partial charge in [-0.3, -0.25) is 4.79 Å². The predicted molar refractivity (Wildman–Crippen MR) is 149 cm³/mol. The Balaban J connectivity index is 1.53. The van der Waals surface area contributed by atoms with Gasteiger partial charge in [0.1, 0.15) is 12.2 Å². The summed E-state index contributed by atoms with van der Waals surface area (Å²) in [6.07, 6.45) is 5.60. The first-order chi connectivity index (χ1) is 19.2. The van der Waals surface area contributed by atoms with Gasteiger partial charge in [0.15, 0.2) is 0 Å². The fourth-order valence-corrected chi connectivity index (χ4v) is 10.3. The van der Waals surface area contributed by atoms with E-state index in [-0.39, 0.29) is 30.1 Å². The summed E-state index contributed by atoms with van der Waals surface area (Å²) in [5.74, 6) is -1.25. The van der Waals surface area contributed by atoms with Crippen LogP contribution in [-0.4, -0.2) is 59.3 Å². The number of carbonyl (C=O) groups excluding carboxylic acids is 2. The summed E-state index contributed by atoms with van der Waals surface area (Å²) in [5.41, 5.74) is -0.0507. The molecular formula is C33H44O8. The SMILES string of the molecule is CC=C(C)C(=O)OC1CC(O)C2(C)COC3C(O)C4(C)C5=CCC(c6ccoc6)C5(C)C(OC(C)=O)CC4C1(C)C32. The van der Waals surface area contributed by atoms with Crippen LogP contribution in [0.15, 0.2) is 46.3 Å². The smallest absolute Gasteiger partial charge is 0.333 e. The number of fused-ring (bicyclic) bond motifs is 4. The number of hydrogen-bond acceptors (Lipinski definition) is 8. The second kappa shape index (κ2) is 9.29. The zero-order valence-electron chi connectivity index (χ0n) is 25.2. The van der Waals surface area contributed by atoms with Crippen molar-refractivity contribution in [2.24, 2.45) is 33.5 Å². The molecule has 0 radical (unpaired) electrons. The minimum Gasteiger partial charge on any atom is -0.472 e. The predicted octanol–water partition coefficient (Wildman–Crippen LogP) is 4.70.